The number of hydrogen-bond donors (Lipinski definition) is 1. The van der Waals surface area contributed by atoms with Crippen molar-refractivity contribution in [2.75, 3.05) is 0 Å². The molecule has 2 atom stereocenters. The lowest BCUT2D eigenvalue weighted by atomic mass is 9.89. The van der Waals surface area contributed by atoms with E-state index in [1.165, 1.54) is 38.5 Å². The predicted molar refractivity (Wildman–Crippen MR) is 66.3 cm³/mol. The molecule has 0 aromatic carbocycles. The van der Waals surface area contributed by atoms with E-state index in [2.05, 4.69) is 29.3 Å². The smallest absolute Gasteiger partial charge is 0.213 e. The van der Waals surface area contributed by atoms with Crippen molar-refractivity contribution >= 4 is 0 Å². The second-order valence-electron chi connectivity index (χ2n) is 5.44. The Kier molecular flexibility index (Phi) is 4.54. The van der Waals surface area contributed by atoms with Crippen molar-refractivity contribution in [3.8, 4) is 0 Å². The van der Waals surface area contributed by atoms with Crippen LogP contribution in [-0.4, -0.2) is 16.2 Å². The second kappa shape index (κ2) is 6.15. The Morgan fingerprint density at radius 1 is 1.35 bits per heavy atom. The summed E-state index contributed by atoms with van der Waals surface area (Å²) in [6.45, 7) is 5.42. The molecule has 1 aliphatic carbocycles. The summed E-state index contributed by atoms with van der Waals surface area (Å²) in [4.78, 5) is 4.03. The van der Waals surface area contributed by atoms with Gasteiger partial charge in [-0.05, 0) is 31.1 Å². The fraction of sp³-hybridized carbons (Fsp3) is 0.846. The van der Waals surface area contributed by atoms with Crippen LogP contribution in [0.1, 0.15) is 51.8 Å². The number of nitrogens with one attached hydrogen (secondary N) is 1. The molecule has 4 nitrogen and oxygen atoms in total. The Hall–Kier alpha value is -0.900. The molecule has 2 rings (SSSR count). The zero-order chi connectivity index (χ0) is 12.1. The van der Waals surface area contributed by atoms with E-state index in [1.54, 1.807) is 0 Å². The van der Waals surface area contributed by atoms with E-state index >= 15 is 0 Å². The summed E-state index contributed by atoms with van der Waals surface area (Å²) in [5.74, 6) is 2.49. The van der Waals surface area contributed by atoms with Crippen LogP contribution in [0.3, 0.4) is 0 Å². The average Bonchev–Trinajstić information content (AvgIpc) is 2.70. The SMILES string of the molecule is CC(C)C1CCCC(NCc2ncon2)CC1. The normalized spacial score (nSPS) is 26.1. The zero-order valence-corrected chi connectivity index (χ0v) is 10.9. The van der Waals surface area contributed by atoms with Gasteiger partial charge in [0, 0.05) is 6.04 Å². The topological polar surface area (TPSA) is 51.0 Å². The number of aromatic nitrogens is 2. The third-order valence-electron chi connectivity index (χ3n) is 3.91. The molecule has 1 heterocycles. The molecule has 1 fully saturated rings. The summed E-state index contributed by atoms with van der Waals surface area (Å²) in [6, 6.07) is 0.622. The molecule has 1 N–H and O–H groups in total. The van der Waals surface area contributed by atoms with Crippen molar-refractivity contribution in [3.05, 3.63) is 12.2 Å². The Balaban J connectivity index is 1.75. The van der Waals surface area contributed by atoms with Gasteiger partial charge in [0.2, 0.25) is 6.39 Å². The molecule has 0 spiro atoms. The molecule has 2 unspecified atom stereocenters. The minimum atomic E-state index is 0.622. The van der Waals surface area contributed by atoms with Gasteiger partial charge in [-0.2, -0.15) is 4.98 Å². The van der Waals surface area contributed by atoms with E-state index in [9.17, 15) is 0 Å². The van der Waals surface area contributed by atoms with Crippen molar-refractivity contribution in [1.29, 1.82) is 0 Å². The van der Waals surface area contributed by atoms with Crippen molar-refractivity contribution < 1.29 is 4.52 Å². The minimum Gasteiger partial charge on any atom is -0.343 e. The Bertz CT molecular complexity index is 310. The minimum absolute atomic E-state index is 0.622. The third kappa shape index (κ3) is 3.80. The first-order chi connectivity index (χ1) is 8.25. The highest BCUT2D eigenvalue weighted by Crippen LogP contribution is 2.28. The van der Waals surface area contributed by atoms with Gasteiger partial charge in [-0.15, -0.1) is 0 Å². The van der Waals surface area contributed by atoms with Gasteiger partial charge in [0.05, 0.1) is 6.54 Å². The van der Waals surface area contributed by atoms with Crippen LogP contribution in [0.25, 0.3) is 0 Å². The van der Waals surface area contributed by atoms with E-state index in [0.717, 1.165) is 24.2 Å². The maximum Gasteiger partial charge on any atom is 0.213 e. The van der Waals surface area contributed by atoms with Gasteiger partial charge in [0.1, 0.15) is 0 Å². The van der Waals surface area contributed by atoms with Crippen molar-refractivity contribution in [2.45, 2.75) is 58.5 Å². The molecule has 1 aliphatic rings. The summed E-state index contributed by atoms with van der Waals surface area (Å²) >= 11 is 0. The van der Waals surface area contributed by atoms with Crippen LogP contribution in [0, 0.1) is 11.8 Å². The molecule has 0 bridgehead atoms. The van der Waals surface area contributed by atoms with E-state index < -0.39 is 0 Å². The number of hydrogen-bond acceptors (Lipinski definition) is 4. The molecule has 0 saturated heterocycles. The van der Waals surface area contributed by atoms with Gasteiger partial charge in [-0.1, -0.05) is 31.8 Å². The highest BCUT2D eigenvalue weighted by atomic mass is 16.5. The van der Waals surface area contributed by atoms with Crippen LogP contribution in [0.2, 0.25) is 0 Å². The Labute approximate surface area is 103 Å². The van der Waals surface area contributed by atoms with Gasteiger partial charge < -0.3 is 9.84 Å². The van der Waals surface area contributed by atoms with Gasteiger partial charge in [-0.3, -0.25) is 0 Å². The van der Waals surface area contributed by atoms with Crippen LogP contribution >= 0.6 is 0 Å². The fourth-order valence-corrected chi connectivity index (χ4v) is 2.71. The van der Waals surface area contributed by atoms with Crippen LogP contribution < -0.4 is 5.32 Å². The molecule has 17 heavy (non-hydrogen) atoms. The quantitative estimate of drug-likeness (QED) is 0.818. The molecule has 0 radical (unpaired) electrons. The summed E-state index contributed by atoms with van der Waals surface area (Å²) in [5, 5.41) is 7.36. The van der Waals surface area contributed by atoms with E-state index in [0.29, 0.717) is 6.04 Å². The molecule has 1 aromatic heterocycles. The largest absolute Gasteiger partial charge is 0.343 e. The molecule has 96 valence electrons. The van der Waals surface area contributed by atoms with Crippen LogP contribution in [-0.2, 0) is 6.54 Å². The standard InChI is InChI=1S/C13H23N3O/c1-10(2)11-4-3-5-12(7-6-11)14-8-13-15-9-17-16-13/h9-12,14H,3-8H2,1-2H3. The van der Waals surface area contributed by atoms with Gasteiger partial charge in [0.15, 0.2) is 5.82 Å². The first-order valence-electron chi connectivity index (χ1n) is 6.74. The number of rotatable bonds is 4. The molecule has 0 aliphatic heterocycles. The molecular weight excluding hydrogens is 214 g/mol. The lowest BCUT2D eigenvalue weighted by molar-refractivity contribution is 0.337. The Morgan fingerprint density at radius 2 is 2.24 bits per heavy atom. The summed E-state index contributed by atoms with van der Waals surface area (Å²) in [5.41, 5.74) is 0. The fourth-order valence-electron chi connectivity index (χ4n) is 2.71. The highest BCUT2D eigenvalue weighted by molar-refractivity contribution is 4.81. The molecular formula is C13H23N3O. The highest BCUT2D eigenvalue weighted by Gasteiger charge is 2.20. The van der Waals surface area contributed by atoms with Crippen LogP contribution in [0.15, 0.2) is 10.9 Å². The second-order valence-corrected chi connectivity index (χ2v) is 5.44. The van der Waals surface area contributed by atoms with E-state index in [1.807, 2.05) is 0 Å². The molecule has 1 saturated carbocycles. The lowest BCUT2D eigenvalue weighted by Crippen LogP contribution is -2.28. The lowest BCUT2D eigenvalue weighted by Gasteiger charge is -2.18. The average molecular weight is 237 g/mol. The Morgan fingerprint density at radius 3 is 2.94 bits per heavy atom. The molecule has 1 aromatic rings. The maximum atomic E-state index is 4.73. The van der Waals surface area contributed by atoms with Crippen molar-refractivity contribution in [3.63, 3.8) is 0 Å². The molecule has 0 amide bonds. The monoisotopic (exact) mass is 237 g/mol. The molecule has 4 heteroatoms. The maximum absolute atomic E-state index is 4.73. The summed E-state index contributed by atoms with van der Waals surface area (Å²) in [7, 11) is 0. The third-order valence-corrected chi connectivity index (χ3v) is 3.91. The van der Waals surface area contributed by atoms with Gasteiger partial charge in [0.25, 0.3) is 0 Å². The van der Waals surface area contributed by atoms with Crippen molar-refractivity contribution in [1.82, 2.24) is 15.5 Å². The van der Waals surface area contributed by atoms with Crippen LogP contribution in [0.5, 0.6) is 0 Å². The van der Waals surface area contributed by atoms with Gasteiger partial charge >= 0.3 is 0 Å². The van der Waals surface area contributed by atoms with E-state index in [-0.39, 0.29) is 0 Å². The van der Waals surface area contributed by atoms with Gasteiger partial charge in [-0.25, -0.2) is 0 Å². The first kappa shape index (κ1) is 12.6. The summed E-state index contributed by atoms with van der Waals surface area (Å²) < 4.78 is 4.73. The first-order valence-corrected chi connectivity index (χ1v) is 6.74. The zero-order valence-electron chi connectivity index (χ0n) is 10.9. The van der Waals surface area contributed by atoms with Crippen molar-refractivity contribution in [2.24, 2.45) is 11.8 Å². The van der Waals surface area contributed by atoms with E-state index in [4.69, 9.17) is 4.52 Å². The predicted octanol–water partition coefficient (Wildman–Crippen LogP) is 2.76. The summed E-state index contributed by atoms with van der Waals surface area (Å²) in [6.07, 6.45) is 8.02. The van der Waals surface area contributed by atoms with Crippen LogP contribution in [0.4, 0.5) is 0 Å². The number of nitrogens with zero attached hydrogens (tertiary/aromatic N) is 2.